The molecule has 0 spiro atoms. The van der Waals surface area contributed by atoms with Crippen molar-refractivity contribution in [2.75, 3.05) is 5.32 Å². The maximum Gasteiger partial charge on any atom is 0.257 e. The number of amides is 1. The molecule has 1 aromatic heterocycles. The number of hydrogen-bond donors (Lipinski definition) is 2. The molecule has 1 amide bonds. The first kappa shape index (κ1) is 22.4. The van der Waals surface area contributed by atoms with E-state index in [1.54, 1.807) is 12.1 Å². The number of anilines is 1. The zero-order valence-electron chi connectivity index (χ0n) is 17.7. The van der Waals surface area contributed by atoms with Crippen LogP contribution in [0.3, 0.4) is 0 Å². The van der Waals surface area contributed by atoms with Crippen molar-refractivity contribution in [3.63, 3.8) is 0 Å². The lowest BCUT2D eigenvalue weighted by molar-refractivity contribution is 0.0977. The van der Waals surface area contributed by atoms with Crippen LogP contribution in [0.15, 0.2) is 71.1 Å². The van der Waals surface area contributed by atoms with Crippen molar-refractivity contribution in [1.29, 1.82) is 0 Å². The maximum atomic E-state index is 12.3. The molecule has 0 aliphatic carbocycles. The van der Waals surface area contributed by atoms with Crippen molar-refractivity contribution in [3.05, 3.63) is 81.4 Å². The molecule has 2 N–H and O–H groups in total. The average molecular weight is 555 g/mol. The first-order chi connectivity index (χ1) is 15.4. The van der Waals surface area contributed by atoms with Crippen molar-refractivity contribution in [2.24, 2.45) is 0 Å². The zero-order valence-corrected chi connectivity index (χ0v) is 20.7. The lowest BCUT2D eigenvalue weighted by Crippen LogP contribution is -2.34. The minimum absolute atomic E-state index is 0.237. The summed E-state index contributed by atoms with van der Waals surface area (Å²) in [6.45, 7) is 4.39. The van der Waals surface area contributed by atoms with Gasteiger partial charge < -0.3 is 9.73 Å². The van der Waals surface area contributed by atoms with Crippen molar-refractivity contribution in [2.45, 2.75) is 26.2 Å². The highest BCUT2D eigenvalue weighted by Gasteiger charge is 2.12. The second-order valence-electron chi connectivity index (χ2n) is 7.55. The minimum atomic E-state index is -0.249. The molecule has 4 aromatic rings. The topological polar surface area (TPSA) is 67.2 Å². The van der Waals surface area contributed by atoms with Crippen molar-refractivity contribution < 1.29 is 9.21 Å². The molecule has 0 saturated carbocycles. The number of carbonyl (C=O) groups is 1. The number of nitrogens with zero attached hydrogens (tertiary/aromatic N) is 1. The van der Waals surface area contributed by atoms with Crippen LogP contribution < -0.4 is 10.6 Å². The van der Waals surface area contributed by atoms with Gasteiger partial charge in [-0.3, -0.25) is 10.1 Å². The van der Waals surface area contributed by atoms with Crippen LogP contribution in [0.4, 0.5) is 5.69 Å². The van der Waals surface area contributed by atoms with Gasteiger partial charge in [-0.25, -0.2) is 4.98 Å². The fraction of sp³-hybridized carbons (Fsp3) is 0.160. The van der Waals surface area contributed by atoms with Gasteiger partial charge in [-0.15, -0.1) is 0 Å². The largest absolute Gasteiger partial charge is 0.436 e. The third kappa shape index (κ3) is 5.16. The van der Waals surface area contributed by atoms with E-state index < -0.39 is 0 Å². The molecule has 0 aliphatic heterocycles. The van der Waals surface area contributed by atoms with Gasteiger partial charge in [0.15, 0.2) is 10.7 Å². The van der Waals surface area contributed by atoms with Gasteiger partial charge in [-0.05, 0) is 107 Å². The SMILES string of the molecule is CCC(C)c1ccc2oc(-c3ccc(NC(=S)NC(=O)c4cccc(I)c4)cc3)nc2c1. The van der Waals surface area contributed by atoms with Crippen molar-refractivity contribution >= 4 is 62.6 Å². The number of fused-ring (bicyclic) bond motifs is 1. The van der Waals surface area contributed by atoms with E-state index in [0.29, 0.717) is 17.4 Å². The van der Waals surface area contributed by atoms with E-state index in [1.807, 2.05) is 42.5 Å². The molecule has 162 valence electrons. The van der Waals surface area contributed by atoms with E-state index in [9.17, 15) is 4.79 Å². The van der Waals surface area contributed by atoms with Gasteiger partial charge in [0.2, 0.25) is 5.89 Å². The molecule has 1 heterocycles. The predicted molar refractivity (Wildman–Crippen MR) is 141 cm³/mol. The van der Waals surface area contributed by atoms with Gasteiger partial charge in [-0.1, -0.05) is 26.0 Å². The summed E-state index contributed by atoms with van der Waals surface area (Å²) < 4.78 is 6.93. The number of halogens is 1. The molecule has 0 fully saturated rings. The minimum Gasteiger partial charge on any atom is -0.436 e. The summed E-state index contributed by atoms with van der Waals surface area (Å²) in [4.78, 5) is 17.0. The maximum absolute atomic E-state index is 12.3. The van der Waals surface area contributed by atoms with Gasteiger partial charge >= 0.3 is 0 Å². The summed E-state index contributed by atoms with van der Waals surface area (Å²) in [5, 5.41) is 5.97. The third-order valence-electron chi connectivity index (χ3n) is 5.30. The van der Waals surface area contributed by atoms with E-state index in [-0.39, 0.29) is 11.0 Å². The summed E-state index contributed by atoms with van der Waals surface area (Å²) >= 11 is 7.45. The normalized spacial score (nSPS) is 11.8. The molecule has 5 nitrogen and oxygen atoms in total. The number of rotatable bonds is 5. The Morgan fingerprint density at radius 3 is 2.62 bits per heavy atom. The first-order valence-electron chi connectivity index (χ1n) is 10.3. The lowest BCUT2D eigenvalue weighted by Gasteiger charge is -2.10. The smallest absolute Gasteiger partial charge is 0.257 e. The van der Waals surface area contributed by atoms with Gasteiger partial charge in [0.25, 0.3) is 5.91 Å². The summed E-state index contributed by atoms with van der Waals surface area (Å²) in [5.41, 5.74) is 5.08. The van der Waals surface area contributed by atoms with Crippen LogP contribution >= 0.6 is 34.8 Å². The number of hydrogen-bond acceptors (Lipinski definition) is 4. The number of carbonyl (C=O) groups excluding carboxylic acids is 1. The molecule has 0 saturated heterocycles. The summed E-state index contributed by atoms with van der Waals surface area (Å²) in [5.74, 6) is 0.808. The summed E-state index contributed by atoms with van der Waals surface area (Å²) in [6, 6.07) is 21.1. The third-order valence-corrected chi connectivity index (χ3v) is 6.17. The fourth-order valence-corrected chi connectivity index (χ4v) is 4.03. The molecule has 0 aliphatic rings. The van der Waals surface area contributed by atoms with Gasteiger partial charge in [-0.2, -0.15) is 0 Å². The predicted octanol–water partition coefficient (Wildman–Crippen LogP) is 6.74. The monoisotopic (exact) mass is 555 g/mol. The van der Waals surface area contributed by atoms with Crippen LogP contribution in [-0.2, 0) is 0 Å². The van der Waals surface area contributed by atoms with E-state index in [2.05, 4.69) is 64.2 Å². The molecule has 4 rings (SSSR count). The Kier molecular flexibility index (Phi) is 6.86. The molecule has 7 heteroatoms. The number of aromatic nitrogens is 1. The van der Waals surface area contributed by atoms with E-state index in [0.717, 1.165) is 32.3 Å². The van der Waals surface area contributed by atoms with E-state index >= 15 is 0 Å². The number of benzene rings is 3. The van der Waals surface area contributed by atoms with Crippen LogP contribution in [0.25, 0.3) is 22.6 Å². The average Bonchev–Trinajstić information content (AvgIpc) is 3.22. The zero-order chi connectivity index (χ0) is 22.7. The molecule has 0 radical (unpaired) electrons. The Morgan fingerprint density at radius 1 is 1.12 bits per heavy atom. The van der Waals surface area contributed by atoms with Crippen LogP contribution in [0.5, 0.6) is 0 Å². The highest BCUT2D eigenvalue weighted by molar-refractivity contribution is 14.1. The number of nitrogens with one attached hydrogen (secondary N) is 2. The lowest BCUT2D eigenvalue weighted by atomic mass is 9.98. The molecule has 1 atom stereocenters. The van der Waals surface area contributed by atoms with Crippen molar-refractivity contribution in [1.82, 2.24) is 10.3 Å². The highest BCUT2D eigenvalue weighted by atomic mass is 127. The van der Waals surface area contributed by atoms with E-state index in [4.69, 9.17) is 16.6 Å². The summed E-state index contributed by atoms with van der Waals surface area (Å²) in [7, 11) is 0. The van der Waals surface area contributed by atoms with Crippen LogP contribution in [-0.4, -0.2) is 16.0 Å². The molecule has 32 heavy (non-hydrogen) atoms. The molecular formula is C25H22IN3O2S. The summed E-state index contributed by atoms with van der Waals surface area (Å²) in [6.07, 6.45) is 1.08. The Hall–Kier alpha value is -2.78. The van der Waals surface area contributed by atoms with Crippen LogP contribution in [0.1, 0.15) is 42.1 Å². The Bertz CT molecular complexity index is 1280. The highest BCUT2D eigenvalue weighted by Crippen LogP contribution is 2.28. The van der Waals surface area contributed by atoms with Gasteiger partial charge in [0, 0.05) is 20.4 Å². The van der Waals surface area contributed by atoms with Crippen LogP contribution in [0.2, 0.25) is 0 Å². The van der Waals surface area contributed by atoms with Gasteiger partial charge in [0.1, 0.15) is 5.52 Å². The first-order valence-corrected chi connectivity index (χ1v) is 11.8. The molecule has 1 unspecified atom stereocenters. The number of thiocarbonyl (C=S) groups is 1. The molecule has 0 bridgehead atoms. The second kappa shape index (κ2) is 9.79. The second-order valence-corrected chi connectivity index (χ2v) is 9.21. The standard InChI is InChI=1S/C25H22IN3O2S/c1-3-15(2)17-9-12-22-21(14-17)28-24(31-22)16-7-10-20(11-8-16)27-25(32)29-23(30)18-5-4-6-19(26)13-18/h4-15H,3H2,1-2H3,(H2,27,29,30,32). The quantitative estimate of drug-likeness (QED) is 0.211. The Labute approximate surface area is 205 Å². The van der Waals surface area contributed by atoms with E-state index in [1.165, 1.54) is 5.56 Å². The molecular weight excluding hydrogens is 533 g/mol. The Morgan fingerprint density at radius 2 is 1.91 bits per heavy atom. The van der Waals surface area contributed by atoms with Gasteiger partial charge in [0.05, 0.1) is 0 Å². The van der Waals surface area contributed by atoms with Crippen LogP contribution in [0, 0.1) is 3.57 Å². The molecule has 3 aromatic carbocycles. The van der Waals surface area contributed by atoms with Crippen molar-refractivity contribution in [3.8, 4) is 11.5 Å². The Balaban J connectivity index is 1.43. The number of oxazole rings is 1. The fourth-order valence-electron chi connectivity index (χ4n) is 3.27.